The summed E-state index contributed by atoms with van der Waals surface area (Å²) in [6.07, 6.45) is 0. The van der Waals surface area contributed by atoms with E-state index in [4.69, 9.17) is 15.7 Å². The largest absolute Gasteiger partial charge is 0.496 e. The van der Waals surface area contributed by atoms with Crippen LogP contribution in [0, 0.1) is 6.92 Å². The zero-order valence-electron chi connectivity index (χ0n) is 12.2. The van der Waals surface area contributed by atoms with Crippen LogP contribution in [0.5, 0.6) is 5.75 Å². The predicted molar refractivity (Wildman–Crippen MR) is 83.0 cm³/mol. The van der Waals surface area contributed by atoms with Crippen molar-refractivity contribution in [3.8, 4) is 5.75 Å². The first-order valence-electron chi connectivity index (χ1n) is 6.33. The molecule has 1 aromatic heterocycles. The number of aryl methyl sites for hydroxylation is 2. The Morgan fingerprint density at radius 1 is 1.48 bits per heavy atom. The summed E-state index contributed by atoms with van der Waals surface area (Å²) < 4.78 is 7.21. The molecule has 0 aliphatic carbocycles. The molecule has 0 atom stereocenters. The molecular weight excluding hydrogens is 288 g/mol. The summed E-state index contributed by atoms with van der Waals surface area (Å²) in [5.74, 6) is 1.56. The molecule has 0 saturated heterocycles. The topological polar surface area (TPSA) is 85.7 Å². The molecule has 2 aromatic rings. The molecule has 1 aromatic carbocycles. The molecule has 7 heteroatoms. The van der Waals surface area contributed by atoms with Crippen LogP contribution in [0.4, 0.5) is 0 Å². The lowest BCUT2D eigenvalue weighted by Gasteiger charge is -2.10. The third kappa shape index (κ3) is 3.49. The Morgan fingerprint density at radius 2 is 2.24 bits per heavy atom. The monoisotopic (exact) mass is 306 g/mol. The molecule has 0 fully saturated rings. The smallest absolute Gasteiger partial charge is 0.170 e. The van der Waals surface area contributed by atoms with Gasteiger partial charge in [-0.3, -0.25) is 4.68 Å². The van der Waals surface area contributed by atoms with Gasteiger partial charge in [0.05, 0.1) is 17.8 Å². The number of benzene rings is 1. The van der Waals surface area contributed by atoms with Crippen LogP contribution >= 0.6 is 11.8 Å². The van der Waals surface area contributed by atoms with Crippen molar-refractivity contribution in [2.24, 2.45) is 17.9 Å². The highest BCUT2D eigenvalue weighted by molar-refractivity contribution is 7.98. The maximum absolute atomic E-state index is 8.77. The van der Waals surface area contributed by atoms with Crippen molar-refractivity contribution in [3.63, 3.8) is 0 Å². The standard InChI is InChI=1S/C14H18N4O2S/c1-9-6-13(18(2)16-9)21-8-11-7-10(14(15)17-19)4-5-12(11)20-3/h4-7,19H,8H2,1-3H3,(H2,15,17). The molecule has 21 heavy (non-hydrogen) atoms. The fourth-order valence-electron chi connectivity index (χ4n) is 1.98. The fraction of sp³-hybridized carbons (Fsp3) is 0.286. The van der Waals surface area contributed by atoms with E-state index in [1.807, 2.05) is 36.9 Å². The molecule has 2 rings (SSSR count). The van der Waals surface area contributed by atoms with Gasteiger partial charge >= 0.3 is 0 Å². The Morgan fingerprint density at radius 3 is 2.81 bits per heavy atom. The zero-order chi connectivity index (χ0) is 15.4. The van der Waals surface area contributed by atoms with Crippen LogP contribution in [0.25, 0.3) is 0 Å². The normalized spacial score (nSPS) is 11.7. The third-order valence-corrected chi connectivity index (χ3v) is 4.15. The van der Waals surface area contributed by atoms with Gasteiger partial charge in [0.25, 0.3) is 0 Å². The number of hydrogen-bond donors (Lipinski definition) is 2. The number of methoxy groups -OCH3 is 1. The fourth-order valence-corrected chi connectivity index (χ4v) is 2.99. The molecular formula is C14H18N4O2S. The Kier molecular flexibility index (Phi) is 4.74. The number of aromatic nitrogens is 2. The lowest BCUT2D eigenvalue weighted by molar-refractivity contribution is 0.318. The van der Waals surface area contributed by atoms with E-state index in [1.54, 1.807) is 24.9 Å². The average Bonchev–Trinajstić information content (AvgIpc) is 2.81. The SMILES string of the molecule is COc1ccc(/C(N)=N/O)cc1CSc1cc(C)nn1C. The zero-order valence-corrected chi connectivity index (χ0v) is 13.0. The Bertz CT molecular complexity index is 667. The summed E-state index contributed by atoms with van der Waals surface area (Å²) >= 11 is 1.66. The highest BCUT2D eigenvalue weighted by atomic mass is 32.2. The third-order valence-electron chi connectivity index (χ3n) is 3.02. The van der Waals surface area contributed by atoms with Crippen LogP contribution in [0.15, 0.2) is 34.4 Å². The highest BCUT2D eigenvalue weighted by Crippen LogP contribution is 2.29. The molecule has 6 nitrogen and oxygen atoms in total. The van der Waals surface area contributed by atoms with Crippen LogP contribution in [0.1, 0.15) is 16.8 Å². The molecule has 3 N–H and O–H groups in total. The van der Waals surface area contributed by atoms with Gasteiger partial charge in [-0.2, -0.15) is 5.10 Å². The number of rotatable bonds is 5. The Labute approximate surface area is 127 Å². The number of oxime groups is 1. The lowest BCUT2D eigenvalue weighted by Crippen LogP contribution is -2.13. The molecule has 0 saturated carbocycles. The number of ether oxygens (including phenoxy) is 1. The number of amidine groups is 1. The van der Waals surface area contributed by atoms with E-state index in [2.05, 4.69) is 10.3 Å². The number of thioether (sulfide) groups is 1. The van der Waals surface area contributed by atoms with Crippen LogP contribution in [0.3, 0.4) is 0 Å². The van der Waals surface area contributed by atoms with Crippen molar-refractivity contribution in [3.05, 3.63) is 41.1 Å². The van der Waals surface area contributed by atoms with Crippen LogP contribution in [-0.2, 0) is 12.8 Å². The second-order valence-corrected chi connectivity index (χ2v) is 5.54. The van der Waals surface area contributed by atoms with Crippen molar-refractivity contribution >= 4 is 17.6 Å². The van der Waals surface area contributed by atoms with E-state index in [0.29, 0.717) is 11.3 Å². The first kappa shape index (κ1) is 15.2. The van der Waals surface area contributed by atoms with Gasteiger partial charge in [0.2, 0.25) is 0 Å². The minimum Gasteiger partial charge on any atom is -0.496 e. The summed E-state index contributed by atoms with van der Waals surface area (Å²) in [6.45, 7) is 1.96. The van der Waals surface area contributed by atoms with E-state index in [9.17, 15) is 0 Å². The van der Waals surface area contributed by atoms with E-state index >= 15 is 0 Å². The predicted octanol–water partition coefficient (Wildman–Crippen LogP) is 2.12. The van der Waals surface area contributed by atoms with Gasteiger partial charge in [-0.25, -0.2) is 0 Å². The van der Waals surface area contributed by atoms with Crippen LogP contribution in [0.2, 0.25) is 0 Å². The summed E-state index contributed by atoms with van der Waals surface area (Å²) in [6, 6.07) is 7.47. The second-order valence-electron chi connectivity index (χ2n) is 4.55. The summed E-state index contributed by atoms with van der Waals surface area (Å²) in [7, 11) is 3.54. The number of nitrogens with zero attached hydrogens (tertiary/aromatic N) is 3. The lowest BCUT2D eigenvalue weighted by atomic mass is 10.1. The average molecular weight is 306 g/mol. The van der Waals surface area contributed by atoms with Gasteiger partial charge in [0, 0.05) is 23.9 Å². The van der Waals surface area contributed by atoms with Gasteiger partial charge in [0.15, 0.2) is 5.84 Å². The van der Waals surface area contributed by atoms with Crippen LogP contribution in [-0.4, -0.2) is 27.9 Å². The van der Waals surface area contributed by atoms with Crippen molar-refractivity contribution < 1.29 is 9.94 Å². The van der Waals surface area contributed by atoms with E-state index in [-0.39, 0.29) is 5.84 Å². The first-order valence-corrected chi connectivity index (χ1v) is 7.32. The minimum absolute atomic E-state index is 0.0836. The molecule has 112 valence electrons. The second kappa shape index (κ2) is 6.53. The van der Waals surface area contributed by atoms with Gasteiger partial charge in [-0.15, -0.1) is 11.8 Å². The van der Waals surface area contributed by atoms with Crippen molar-refractivity contribution in [1.29, 1.82) is 0 Å². The molecule has 0 amide bonds. The highest BCUT2D eigenvalue weighted by Gasteiger charge is 2.10. The minimum atomic E-state index is 0.0836. The molecule has 0 aliphatic heterocycles. The maximum Gasteiger partial charge on any atom is 0.170 e. The van der Waals surface area contributed by atoms with Crippen molar-refractivity contribution in [1.82, 2.24) is 9.78 Å². The molecule has 0 spiro atoms. The van der Waals surface area contributed by atoms with Gasteiger partial charge in [-0.1, -0.05) is 5.16 Å². The summed E-state index contributed by atoms with van der Waals surface area (Å²) in [5, 5.41) is 17.2. The molecule has 0 radical (unpaired) electrons. The van der Waals surface area contributed by atoms with E-state index in [0.717, 1.165) is 22.0 Å². The van der Waals surface area contributed by atoms with E-state index in [1.165, 1.54) is 0 Å². The summed E-state index contributed by atoms with van der Waals surface area (Å²) in [5.41, 5.74) is 8.25. The molecule has 0 bridgehead atoms. The Balaban J connectivity index is 2.23. The van der Waals surface area contributed by atoms with E-state index < -0.39 is 0 Å². The van der Waals surface area contributed by atoms with Crippen molar-refractivity contribution in [2.45, 2.75) is 17.7 Å². The number of hydrogen-bond acceptors (Lipinski definition) is 5. The molecule has 1 heterocycles. The van der Waals surface area contributed by atoms with Gasteiger partial charge < -0.3 is 15.7 Å². The molecule has 0 aliphatic rings. The maximum atomic E-state index is 8.77. The summed E-state index contributed by atoms with van der Waals surface area (Å²) in [4.78, 5) is 0. The van der Waals surface area contributed by atoms with Crippen LogP contribution < -0.4 is 10.5 Å². The first-order chi connectivity index (χ1) is 10.0. The molecule has 0 unspecified atom stereocenters. The quantitative estimate of drug-likeness (QED) is 0.290. The number of nitrogens with two attached hydrogens (primary N) is 1. The van der Waals surface area contributed by atoms with Gasteiger partial charge in [0.1, 0.15) is 5.75 Å². The Hall–Kier alpha value is -2.15. The van der Waals surface area contributed by atoms with Crippen molar-refractivity contribution in [2.75, 3.05) is 7.11 Å². The van der Waals surface area contributed by atoms with Gasteiger partial charge in [-0.05, 0) is 31.2 Å².